The number of nitrogens with zero attached hydrogens (tertiary/aromatic N) is 2. The van der Waals surface area contributed by atoms with Crippen LogP contribution in [-0.2, 0) is 6.61 Å². The van der Waals surface area contributed by atoms with Crippen LogP contribution in [0.3, 0.4) is 0 Å². The minimum absolute atomic E-state index is 0.313. The Bertz CT molecular complexity index is 1310. The summed E-state index contributed by atoms with van der Waals surface area (Å²) in [4.78, 5) is 12.8. The van der Waals surface area contributed by atoms with Crippen molar-refractivity contribution in [1.29, 1.82) is 0 Å². The standard InChI is InChI=1S/C26H21BrClN3O3/c1-33-24-14-19(22(27)15-25(24)34-17-18-8-10-20(28)11-9-18)16-29-30-26(32)21-6-2-3-7-23(21)31-12-4-5-13-31/h2-16H,17H2,1H3,(H,30,32)/b29-16-. The van der Waals surface area contributed by atoms with Gasteiger partial charge in [0.1, 0.15) is 6.61 Å². The van der Waals surface area contributed by atoms with Crippen molar-refractivity contribution >= 4 is 39.7 Å². The third-order valence-corrected chi connectivity index (χ3v) is 5.93. The fourth-order valence-corrected chi connectivity index (χ4v) is 3.82. The minimum Gasteiger partial charge on any atom is -0.493 e. The van der Waals surface area contributed by atoms with E-state index in [1.807, 2.05) is 71.6 Å². The predicted molar refractivity (Wildman–Crippen MR) is 137 cm³/mol. The van der Waals surface area contributed by atoms with E-state index in [2.05, 4.69) is 26.5 Å². The number of hydrogen-bond acceptors (Lipinski definition) is 4. The van der Waals surface area contributed by atoms with Gasteiger partial charge in [0.2, 0.25) is 0 Å². The number of rotatable bonds is 8. The molecule has 1 N–H and O–H groups in total. The fourth-order valence-electron chi connectivity index (χ4n) is 3.27. The molecule has 0 saturated carbocycles. The van der Waals surface area contributed by atoms with Gasteiger partial charge in [-0.3, -0.25) is 4.79 Å². The molecule has 4 aromatic rings. The van der Waals surface area contributed by atoms with Crippen LogP contribution in [0.5, 0.6) is 11.5 Å². The summed E-state index contributed by atoms with van der Waals surface area (Å²) < 4.78 is 14.0. The molecule has 0 radical (unpaired) electrons. The lowest BCUT2D eigenvalue weighted by Crippen LogP contribution is -2.19. The highest BCUT2D eigenvalue weighted by Crippen LogP contribution is 2.33. The molecule has 3 aromatic carbocycles. The summed E-state index contributed by atoms with van der Waals surface area (Å²) in [6.07, 6.45) is 5.32. The highest BCUT2D eigenvalue weighted by molar-refractivity contribution is 9.10. The Morgan fingerprint density at radius 1 is 1.06 bits per heavy atom. The van der Waals surface area contributed by atoms with Crippen LogP contribution in [0.25, 0.3) is 5.69 Å². The van der Waals surface area contributed by atoms with Crippen LogP contribution in [0.4, 0.5) is 0 Å². The van der Waals surface area contributed by atoms with E-state index in [1.54, 1.807) is 31.5 Å². The van der Waals surface area contributed by atoms with Gasteiger partial charge in [-0.25, -0.2) is 5.43 Å². The van der Waals surface area contributed by atoms with Gasteiger partial charge < -0.3 is 14.0 Å². The fraction of sp³-hybridized carbons (Fsp3) is 0.0769. The van der Waals surface area contributed by atoms with E-state index in [1.165, 1.54) is 0 Å². The molecular formula is C26H21BrClN3O3. The van der Waals surface area contributed by atoms with Crippen LogP contribution in [0, 0.1) is 0 Å². The smallest absolute Gasteiger partial charge is 0.273 e. The lowest BCUT2D eigenvalue weighted by atomic mass is 10.1. The molecule has 8 heteroatoms. The van der Waals surface area contributed by atoms with Crippen molar-refractivity contribution in [3.63, 3.8) is 0 Å². The lowest BCUT2D eigenvalue weighted by Gasteiger charge is -2.13. The van der Waals surface area contributed by atoms with Crippen LogP contribution in [0.2, 0.25) is 5.02 Å². The molecule has 0 aliphatic carbocycles. The first-order valence-corrected chi connectivity index (χ1v) is 11.5. The van der Waals surface area contributed by atoms with Crippen LogP contribution in [0.15, 0.2) is 94.8 Å². The van der Waals surface area contributed by atoms with Gasteiger partial charge in [0.25, 0.3) is 5.91 Å². The number of para-hydroxylation sites is 1. The van der Waals surface area contributed by atoms with Crippen molar-refractivity contribution in [2.75, 3.05) is 7.11 Å². The normalized spacial score (nSPS) is 10.9. The molecule has 1 aromatic heterocycles. The number of hydrazone groups is 1. The molecule has 0 aliphatic rings. The molecular weight excluding hydrogens is 518 g/mol. The summed E-state index contributed by atoms with van der Waals surface area (Å²) in [5.41, 5.74) is 5.57. The van der Waals surface area contributed by atoms with Gasteiger partial charge in [0, 0.05) is 27.5 Å². The zero-order valence-corrected chi connectivity index (χ0v) is 20.6. The highest BCUT2D eigenvalue weighted by atomic mass is 79.9. The maximum absolute atomic E-state index is 12.8. The number of ether oxygens (including phenoxy) is 2. The average Bonchev–Trinajstić information content (AvgIpc) is 3.39. The Morgan fingerprint density at radius 2 is 1.79 bits per heavy atom. The highest BCUT2D eigenvalue weighted by Gasteiger charge is 2.12. The molecule has 0 unspecified atom stereocenters. The summed E-state index contributed by atoms with van der Waals surface area (Å²) in [6, 6.07) is 22.2. The molecule has 0 saturated heterocycles. The van der Waals surface area contributed by atoms with E-state index in [-0.39, 0.29) is 5.91 Å². The monoisotopic (exact) mass is 537 g/mol. The topological polar surface area (TPSA) is 64.8 Å². The van der Waals surface area contributed by atoms with Gasteiger partial charge in [0.05, 0.1) is 24.6 Å². The number of methoxy groups -OCH3 is 1. The van der Waals surface area contributed by atoms with Gasteiger partial charge >= 0.3 is 0 Å². The number of benzene rings is 3. The number of carbonyl (C=O) groups excluding carboxylic acids is 1. The van der Waals surface area contributed by atoms with E-state index < -0.39 is 0 Å². The van der Waals surface area contributed by atoms with Gasteiger partial charge in [-0.15, -0.1) is 0 Å². The number of carbonyl (C=O) groups is 1. The molecule has 172 valence electrons. The van der Waals surface area contributed by atoms with Crippen molar-refractivity contribution in [2.45, 2.75) is 6.61 Å². The number of amides is 1. The first kappa shape index (κ1) is 23.6. The number of hydrogen-bond donors (Lipinski definition) is 1. The number of nitrogens with one attached hydrogen (secondary N) is 1. The second-order valence-corrected chi connectivity index (χ2v) is 8.54. The Kier molecular flexibility index (Phi) is 7.67. The van der Waals surface area contributed by atoms with E-state index in [0.717, 1.165) is 21.3 Å². The second-order valence-electron chi connectivity index (χ2n) is 7.25. The lowest BCUT2D eigenvalue weighted by molar-refractivity contribution is 0.0955. The molecule has 0 spiro atoms. The average molecular weight is 539 g/mol. The Hall–Kier alpha value is -3.55. The maximum Gasteiger partial charge on any atom is 0.273 e. The van der Waals surface area contributed by atoms with Gasteiger partial charge in [-0.1, -0.05) is 35.9 Å². The zero-order valence-electron chi connectivity index (χ0n) is 18.2. The summed E-state index contributed by atoms with van der Waals surface area (Å²) in [6.45, 7) is 0.365. The Morgan fingerprint density at radius 3 is 2.53 bits per heavy atom. The summed E-state index contributed by atoms with van der Waals surface area (Å²) in [7, 11) is 1.57. The van der Waals surface area contributed by atoms with E-state index in [4.69, 9.17) is 21.1 Å². The third-order valence-electron chi connectivity index (χ3n) is 4.99. The van der Waals surface area contributed by atoms with Crippen molar-refractivity contribution in [1.82, 2.24) is 9.99 Å². The summed E-state index contributed by atoms with van der Waals surface area (Å²) >= 11 is 9.47. The van der Waals surface area contributed by atoms with Crippen LogP contribution in [-0.4, -0.2) is 23.8 Å². The molecule has 0 bridgehead atoms. The van der Waals surface area contributed by atoms with Crippen LogP contribution >= 0.6 is 27.5 Å². The third kappa shape index (κ3) is 5.68. The predicted octanol–water partition coefficient (Wildman–Crippen LogP) is 6.24. The first-order chi connectivity index (χ1) is 16.5. The van der Waals surface area contributed by atoms with Gasteiger partial charge in [-0.2, -0.15) is 5.10 Å². The molecule has 0 fully saturated rings. The zero-order chi connectivity index (χ0) is 23.9. The number of aromatic nitrogens is 1. The Balaban J connectivity index is 1.46. The summed E-state index contributed by atoms with van der Waals surface area (Å²) in [5, 5.41) is 4.81. The first-order valence-electron chi connectivity index (χ1n) is 10.4. The van der Waals surface area contributed by atoms with E-state index in [0.29, 0.717) is 28.7 Å². The SMILES string of the molecule is COc1cc(/C=N\NC(=O)c2ccccc2-n2cccc2)c(Br)cc1OCc1ccc(Cl)cc1. The largest absolute Gasteiger partial charge is 0.493 e. The van der Waals surface area contributed by atoms with Crippen molar-refractivity contribution < 1.29 is 14.3 Å². The van der Waals surface area contributed by atoms with Crippen molar-refractivity contribution in [3.8, 4) is 17.2 Å². The van der Waals surface area contributed by atoms with E-state index in [9.17, 15) is 4.79 Å². The van der Waals surface area contributed by atoms with Crippen molar-refractivity contribution in [3.05, 3.63) is 111 Å². The van der Waals surface area contributed by atoms with E-state index >= 15 is 0 Å². The molecule has 1 amide bonds. The molecule has 1 heterocycles. The second kappa shape index (κ2) is 11.0. The van der Waals surface area contributed by atoms with Gasteiger partial charge in [0.15, 0.2) is 11.5 Å². The van der Waals surface area contributed by atoms with Gasteiger partial charge in [-0.05, 0) is 70.0 Å². The molecule has 0 atom stereocenters. The molecule has 0 aliphatic heterocycles. The maximum atomic E-state index is 12.8. The minimum atomic E-state index is -0.313. The summed E-state index contributed by atoms with van der Waals surface area (Å²) in [5.74, 6) is 0.806. The molecule has 6 nitrogen and oxygen atoms in total. The number of halogens is 2. The quantitative estimate of drug-likeness (QED) is 0.213. The Labute approximate surface area is 210 Å². The van der Waals surface area contributed by atoms with Crippen LogP contribution in [0.1, 0.15) is 21.5 Å². The van der Waals surface area contributed by atoms with Crippen LogP contribution < -0.4 is 14.9 Å². The molecule has 34 heavy (non-hydrogen) atoms. The van der Waals surface area contributed by atoms with Crippen molar-refractivity contribution in [2.24, 2.45) is 5.10 Å². The molecule has 4 rings (SSSR count).